The van der Waals surface area contributed by atoms with Crippen molar-refractivity contribution in [3.8, 4) is 16.9 Å². The maximum absolute atomic E-state index is 10.4. The van der Waals surface area contributed by atoms with E-state index in [0.29, 0.717) is 5.75 Å². The first-order chi connectivity index (χ1) is 9.83. The van der Waals surface area contributed by atoms with Crippen LogP contribution in [0.15, 0.2) is 48.5 Å². The lowest BCUT2D eigenvalue weighted by Crippen LogP contribution is -1.93. The molecule has 0 heterocycles. The van der Waals surface area contributed by atoms with E-state index < -0.39 is 0 Å². The molecule has 0 aromatic heterocycles. The summed E-state index contributed by atoms with van der Waals surface area (Å²) in [5, 5.41) is 19.1. The van der Waals surface area contributed by atoms with Gasteiger partial charge in [-0.15, -0.1) is 0 Å². The average Bonchev–Trinajstić information content (AvgIpc) is 2.49. The van der Waals surface area contributed by atoms with Crippen molar-refractivity contribution in [3.05, 3.63) is 54.1 Å². The number of hydrogen-bond acceptors (Lipinski definition) is 3. The van der Waals surface area contributed by atoms with Gasteiger partial charge in [-0.1, -0.05) is 48.5 Å². The summed E-state index contributed by atoms with van der Waals surface area (Å²) in [7, 11) is 0. The van der Waals surface area contributed by atoms with Gasteiger partial charge in [0.2, 0.25) is 0 Å². The predicted molar refractivity (Wildman–Crippen MR) is 86.3 cm³/mol. The van der Waals surface area contributed by atoms with Crippen LogP contribution in [-0.4, -0.2) is 28.3 Å². The molecule has 0 saturated carbocycles. The molecule has 20 heavy (non-hydrogen) atoms. The number of phenolic OH excluding ortho intramolecular Hbond substituents is 1. The van der Waals surface area contributed by atoms with Crippen LogP contribution in [0.3, 0.4) is 0 Å². The quantitative estimate of drug-likeness (QED) is 0.763. The van der Waals surface area contributed by atoms with Crippen molar-refractivity contribution < 1.29 is 10.2 Å². The van der Waals surface area contributed by atoms with Crippen LogP contribution in [0, 0.1) is 0 Å². The summed E-state index contributed by atoms with van der Waals surface area (Å²) in [4.78, 5) is 0. The zero-order chi connectivity index (χ0) is 14.2. The third-order valence-corrected chi connectivity index (χ3v) is 4.22. The van der Waals surface area contributed by atoms with Crippen molar-refractivity contribution in [2.24, 2.45) is 0 Å². The van der Waals surface area contributed by atoms with Crippen molar-refractivity contribution in [2.45, 2.75) is 12.8 Å². The molecule has 106 valence electrons. The van der Waals surface area contributed by atoms with Gasteiger partial charge in [-0.25, -0.2) is 0 Å². The molecule has 0 spiro atoms. The lowest BCUT2D eigenvalue weighted by molar-refractivity contribution is 0.322. The average molecular weight is 288 g/mol. The number of aryl methyl sites for hydroxylation is 1. The molecule has 0 radical (unpaired) electrons. The molecule has 0 saturated heterocycles. The van der Waals surface area contributed by atoms with E-state index in [1.165, 1.54) is 0 Å². The second-order valence-electron chi connectivity index (χ2n) is 4.62. The molecule has 3 heteroatoms. The molecular formula is C17H20O2S. The van der Waals surface area contributed by atoms with Crippen LogP contribution in [0.2, 0.25) is 0 Å². The Morgan fingerprint density at radius 3 is 2.45 bits per heavy atom. The topological polar surface area (TPSA) is 40.5 Å². The Bertz CT molecular complexity index is 526. The minimum absolute atomic E-state index is 0.236. The van der Waals surface area contributed by atoms with E-state index in [0.717, 1.165) is 41.0 Å². The van der Waals surface area contributed by atoms with E-state index >= 15 is 0 Å². The van der Waals surface area contributed by atoms with Crippen molar-refractivity contribution in [1.82, 2.24) is 0 Å². The first-order valence-electron chi connectivity index (χ1n) is 6.88. The van der Waals surface area contributed by atoms with E-state index in [2.05, 4.69) is 0 Å². The first-order valence-corrected chi connectivity index (χ1v) is 8.03. The second kappa shape index (κ2) is 7.98. The fourth-order valence-corrected chi connectivity index (χ4v) is 2.86. The van der Waals surface area contributed by atoms with Crippen LogP contribution in [-0.2, 0) is 6.42 Å². The molecule has 0 aliphatic rings. The lowest BCUT2D eigenvalue weighted by Gasteiger charge is -2.10. The highest BCUT2D eigenvalue weighted by Crippen LogP contribution is 2.32. The van der Waals surface area contributed by atoms with Crippen LogP contribution < -0.4 is 0 Å². The number of phenols is 1. The number of aliphatic hydroxyl groups excluding tert-OH is 1. The number of thioether (sulfide) groups is 1. The fourth-order valence-electron chi connectivity index (χ4n) is 2.18. The highest BCUT2D eigenvalue weighted by Gasteiger charge is 2.08. The Labute approximate surface area is 124 Å². The molecule has 0 amide bonds. The minimum Gasteiger partial charge on any atom is -0.507 e. The number of rotatable bonds is 7. The van der Waals surface area contributed by atoms with E-state index in [1.54, 1.807) is 11.8 Å². The van der Waals surface area contributed by atoms with Crippen molar-refractivity contribution in [3.63, 3.8) is 0 Å². The molecule has 0 atom stereocenters. The summed E-state index contributed by atoms with van der Waals surface area (Å²) >= 11 is 1.75. The Morgan fingerprint density at radius 2 is 1.70 bits per heavy atom. The third kappa shape index (κ3) is 4.02. The van der Waals surface area contributed by atoms with Crippen LogP contribution in [0.4, 0.5) is 0 Å². The van der Waals surface area contributed by atoms with E-state index in [-0.39, 0.29) is 6.61 Å². The predicted octanol–water partition coefficient (Wildman–Crippen LogP) is 3.72. The molecule has 2 nitrogen and oxygen atoms in total. The maximum atomic E-state index is 10.4. The van der Waals surface area contributed by atoms with Crippen molar-refractivity contribution >= 4 is 11.8 Å². The molecule has 2 N–H and O–H groups in total. The fraction of sp³-hybridized carbons (Fsp3) is 0.294. The molecule has 2 rings (SSSR count). The Kier molecular flexibility index (Phi) is 5.96. The molecule has 0 aliphatic carbocycles. The molecule has 0 aliphatic heterocycles. The molecular weight excluding hydrogens is 268 g/mol. The number of hydrogen-bond donors (Lipinski definition) is 2. The second-order valence-corrected chi connectivity index (χ2v) is 5.84. The monoisotopic (exact) mass is 288 g/mol. The third-order valence-electron chi connectivity index (χ3n) is 3.17. The van der Waals surface area contributed by atoms with Gasteiger partial charge < -0.3 is 10.2 Å². The molecule has 0 fully saturated rings. The SMILES string of the molecule is OCCSCCCc1cccc(-c2ccccc2)c1O. The number of para-hydroxylation sites is 1. The summed E-state index contributed by atoms with van der Waals surface area (Å²) in [5.41, 5.74) is 2.93. The zero-order valence-corrected chi connectivity index (χ0v) is 12.3. The number of aromatic hydroxyl groups is 1. The van der Waals surface area contributed by atoms with Gasteiger partial charge in [0.1, 0.15) is 5.75 Å². The van der Waals surface area contributed by atoms with Gasteiger partial charge in [-0.3, -0.25) is 0 Å². The van der Waals surface area contributed by atoms with Gasteiger partial charge >= 0.3 is 0 Å². The number of aliphatic hydroxyl groups is 1. The van der Waals surface area contributed by atoms with Gasteiger partial charge in [0, 0.05) is 11.3 Å². The Balaban J connectivity index is 2.04. The Morgan fingerprint density at radius 1 is 0.900 bits per heavy atom. The largest absolute Gasteiger partial charge is 0.507 e. The van der Waals surface area contributed by atoms with Crippen LogP contribution in [0.5, 0.6) is 5.75 Å². The van der Waals surface area contributed by atoms with Crippen LogP contribution in [0.25, 0.3) is 11.1 Å². The summed E-state index contributed by atoms with van der Waals surface area (Å²) in [6, 6.07) is 15.9. The van der Waals surface area contributed by atoms with Gasteiger partial charge in [-0.05, 0) is 29.7 Å². The van der Waals surface area contributed by atoms with Gasteiger partial charge in [0.05, 0.1) is 6.61 Å². The maximum Gasteiger partial charge on any atom is 0.126 e. The van der Waals surface area contributed by atoms with E-state index in [9.17, 15) is 5.11 Å². The van der Waals surface area contributed by atoms with E-state index in [1.807, 2.05) is 48.5 Å². The standard InChI is InChI=1S/C17H20O2S/c18-11-13-20-12-5-9-15-8-4-10-16(17(15)19)14-6-2-1-3-7-14/h1-4,6-8,10,18-19H,5,9,11-13H2. The minimum atomic E-state index is 0.236. The summed E-state index contributed by atoms with van der Waals surface area (Å²) in [5.74, 6) is 2.19. The number of benzene rings is 2. The van der Waals surface area contributed by atoms with Crippen molar-refractivity contribution in [1.29, 1.82) is 0 Å². The molecule has 0 bridgehead atoms. The Hall–Kier alpha value is -1.45. The van der Waals surface area contributed by atoms with E-state index in [4.69, 9.17) is 5.11 Å². The highest BCUT2D eigenvalue weighted by molar-refractivity contribution is 7.99. The van der Waals surface area contributed by atoms with Gasteiger partial charge in [0.15, 0.2) is 0 Å². The highest BCUT2D eigenvalue weighted by atomic mass is 32.2. The first kappa shape index (κ1) is 14.9. The summed E-state index contributed by atoms with van der Waals surface area (Å²) < 4.78 is 0. The summed E-state index contributed by atoms with van der Waals surface area (Å²) in [6.45, 7) is 0.236. The summed E-state index contributed by atoms with van der Waals surface area (Å²) in [6.07, 6.45) is 1.88. The van der Waals surface area contributed by atoms with Gasteiger partial charge in [-0.2, -0.15) is 11.8 Å². The normalized spacial score (nSPS) is 10.7. The van der Waals surface area contributed by atoms with Gasteiger partial charge in [0.25, 0.3) is 0 Å². The van der Waals surface area contributed by atoms with Crippen LogP contribution >= 0.6 is 11.8 Å². The lowest BCUT2D eigenvalue weighted by atomic mass is 9.99. The smallest absolute Gasteiger partial charge is 0.126 e. The van der Waals surface area contributed by atoms with Crippen LogP contribution in [0.1, 0.15) is 12.0 Å². The zero-order valence-electron chi connectivity index (χ0n) is 11.5. The molecule has 2 aromatic carbocycles. The molecule has 0 unspecified atom stereocenters. The molecule has 2 aromatic rings. The van der Waals surface area contributed by atoms with Crippen molar-refractivity contribution in [2.75, 3.05) is 18.1 Å².